The number of rotatable bonds is 6. The van der Waals surface area contributed by atoms with E-state index in [0.717, 1.165) is 16.2 Å². The molecule has 0 fully saturated rings. The molecule has 0 aromatic heterocycles. The molecule has 1 aliphatic rings. The van der Waals surface area contributed by atoms with Crippen LogP contribution in [0.4, 0.5) is 5.69 Å². The summed E-state index contributed by atoms with van der Waals surface area (Å²) in [6.45, 7) is 6.47. The van der Waals surface area contributed by atoms with Gasteiger partial charge in [0.05, 0.1) is 17.1 Å². The number of nitro benzene ring substituents is 1. The van der Waals surface area contributed by atoms with Crippen LogP contribution in [0.15, 0.2) is 47.4 Å². The highest BCUT2D eigenvalue weighted by molar-refractivity contribution is 8.00. The van der Waals surface area contributed by atoms with Crippen molar-refractivity contribution in [3.8, 4) is 5.75 Å². The van der Waals surface area contributed by atoms with Gasteiger partial charge < -0.3 is 10.1 Å². The lowest BCUT2D eigenvalue weighted by Gasteiger charge is -2.21. The van der Waals surface area contributed by atoms with E-state index in [-0.39, 0.29) is 28.8 Å². The van der Waals surface area contributed by atoms with Crippen LogP contribution in [-0.4, -0.2) is 28.7 Å². The molecule has 2 aromatic rings. The summed E-state index contributed by atoms with van der Waals surface area (Å²) in [5, 5.41) is 14.4. The van der Waals surface area contributed by atoms with Gasteiger partial charge >= 0.3 is 0 Å². The molecule has 27 heavy (non-hydrogen) atoms. The van der Waals surface area contributed by atoms with Crippen molar-refractivity contribution in [2.45, 2.75) is 42.9 Å². The van der Waals surface area contributed by atoms with Crippen molar-refractivity contribution in [2.75, 3.05) is 6.61 Å². The number of ether oxygens (including phenoxy) is 1. The molecule has 0 saturated heterocycles. The molecule has 0 bridgehead atoms. The van der Waals surface area contributed by atoms with Crippen molar-refractivity contribution in [2.24, 2.45) is 0 Å². The Morgan fingerprint density at radius 3 is 2.70 bits per heavy atom. The normalized spacial score (nSPS) is 16.5. The third kappa shape index (κ3) is 4.24. The van der Waals surface area contributed by atoms with Gasteiger partial charge in [-0.2, -0.15) is 0 Å². The Kier molecular flexibility index (Phi) is 5.70. The third-order valence-electron chi connectivity index (χ3n) is 4.48. The largest absolute Gasteiger partial charge is 0.493 e. The van der Waals surface area contributed by atoms with E-state index in [2.05, 4.69) is 5.32 Å². The summed E-state index contributed by atoms with van der Waals surface area (Å²) in [6, 6.07) is 12.1. The first-order chi connectivity index (χ1) is 12.9. The maximum atomic E-state index is 12.9. The van der Waals surface area contributed by atoms with E-state index < -0.39 is 4.92 Å². The van der Waals surface area contributed by atoms with E-state index in [4.69, 9.17) is 4.74 Å². The minimum absolute atomic E-state index is 0.0463. The lowest BCUT2D eigenvalue weighted by molar-refractivity contribution is -0.384. The maximum Gasteiger partial charge on any atom is 0.270 e. The second-order valence-corrected chi connectivity index (χ2v) is 8.44. The van der Waals surface area contributed by atoms with Gasteiger partial charge in [-0.1, -0.05) is 32.0 Å². The molecule has 0 aliphatic carbocycles. The van der Waals surface area contributed by atoms with Gasteiger partial charge in [-0.05, 0) is 19.1 Å². The molecule has 1 N–H and O–H groups in total. The SMILES string of the molecule is CC(C)Sc1ccc([N+](=O)[O-])cc1C(=O)N[C@H](C)[C@@H]1COc2ccccc21. The van der Waals surface area contributed by atoms with E-state index >= 15 is 0 Å². The number of amides is 1. The van der Waals surface area contributed by atoms with Crippen molar-refractivity contribution in [1.29, 1.82) is 0 Å². The van der Waals surface area contributed by atoms with Gasteiger partial charge in [-0.25, -0.2) is 0 Å². The zero-order valence-electron chi connectivity index (χ0n) is 15.5. The number of hydrogen-bond acceptors (Lipinski definition) is 5. The molecule has 3 rings (SSSR count). The maximum absolute atomic E-state index is 12.9. The van der Waals surface area contributed by atoms with Gasteiger partial charge in [-0.15, -0.1) is 11.8 Å². The lowest BCUT2D eigenvalue weighted by atomic mass is 9.94. The van der Waals surface area contributed by atoms with Gasteiger partial charge in [0, 0.05) is 39.8 Å². The first-order valence-corrected chi connectivity index (χ1v) is 9.72. The highest BCUT2D eigenvalue weighted by Crippen LogP contribution is 2.36. The molecular weight excluding hydrogens is 364 g/mol. The van der Waals surface area contributed by atoms with E-state index in [1.54, 1.807) is 6.07 Å². The van der Waals surface area contributed by atoms with E-state index in [1.807, 2.05) is 45.0 Å². The zero-order valence-corrected chi connectivity index (χ0v) is 16.3. The van der Waals surface area contributed by atoms with Gasteiger partial charge in [0.25, 0.3) is 11.6 Å². The predicted molar refractivity (Wildman–Crippen MR) is 106 cm³/mol. The predicted octanol–water partition coefficient (Wildman–Crippen LogP) is 4.39. The number of non-ortho nitro benzene ring substituents is 1. The van der Waals surface area contributed by atoms with Crippen molar-refractivity contribution >= 4 is 23.4 Å². The Bertz CT molecular complexity index is 869. The number of benzene rings is 2. The van der Waals surface area contributed by atoms with Crippen LogP contribution in [0.2, 0.25) is 0 Å². The monoisotopic (exact) mass is 386 g/mol. The number of hydrogen-bond donors (Lipinski definition) is 1. The van der Waals surface area contributed by atoms with Crippen LogP contribution >= 0.6 is 11.8 Å². The second-order valence-electron chi connectivity index (χ2n) is 6.82. The van der Waals surface area contributed by atoms with E-state index in [1.165, 1.54) is 23.9 Å². The minimum Gasteiger partial charge on any atom is -0.493 e. The molecule has 1 heterocycles. The van der Waals surface area contributed by atoms with E-state index in [0.29, 0.717) is 12.2 Å². The van der Waals surface area contributed by atoms with Crippen molar-refractivity contribution in [3.05, 3.63) is 63.7 Å². The van der Waals surface area contributed by atoms with Gasteiger partial charge in [0.15, 0.2) is 0 Å². The Labute approximate surface area is 162 Å². The van der Waals surface area contributed by atoms with Crippen LogP contribution in [-0.2, 0) is 0 Å². The van der Waals surface area contributed by atoms with Gasteiger partial charge in [0.1, 0.15) is 5.75 Å². The molecule has 6 nitrogen and oxygen atoms in total. The number of carbonyl (C=O) groups excluding carboxylic acids is 1. The Morgan fingerprint density at radius 1 is 1.26 bits per heavy atom. The molecule has 2 aromatic carbocycles. The number of carbonyl (C=O) groups is 1. The first-order valence-electron chi connectivity index (χ1n) is 8.84. The lowest BCUT2D eigenvalue weighted by Crippen LogP contribution is -2.38. The summed E-state index contributed by atoms with van der Waals surface area (Å²) in [5.41, 5.74) is 1.32. The number of nitrogens with zero attached hydrogens (tertiary/aromatic N) is 1. The Morgan fingerprint density at radius 2 is 2.00 bits per heavy atom. The number of nitro groups is 1. The molecule has 0 radical (unpaired) electrons. The van der Waals surface area contributed by atoms with Crippen molar-refractivity contribution < 1.29 is 14.5 Å². The second kappa shape index (κ2) is 8.00. The smallest absolute Gasteiger partial charge is 0.270 e. The molecule has 142 valence electrons. The first kappa shape index (κ1) is 19.2. The minimum atomic E-state index is -0.481. The Hall–Kier alpha value is -2.54. The molecule has 1 aliphatic heterocycles. The summed E-state index contributed by atoms with van der Waals surface area (Å²) in [5.74, 6) is 0.582. The third-order valence-corrected chi connectivity index (χ3v) is 5.56. The van der Waals surface area contributed by atoms with Crippen LogP contribution in [0.25, 0.3) is 0 Å². The number of thioether (sulfide) groups is 1. The summed E-state index contributed by atoms with van der Waals surface area (Å²) in [6.07, 6.45) is 0. The van der Waals surface area contributed by atoms with Gasteiger partial charge in [-0.3, -0.25) is 14.9 Å². The van der Waals surface area contributed by atoms with Crippen LogP contribution < -0.4 is 10.1 Å². The Balaban J connectivity index is 1.83. The highest BCUT2D eigenvalue weighted by Gasteiger charge is 2.30. The standard InChI is InChI=1S/C20H22N2O4S/c1-12(2)27-19-9-8-14(22(24)25)10-16(19)20(23)21-13(3)17-11-26-18-7-5-4-6-15(17)18/h4-10,12-13,17H,11H2,1-3H3,(H,21,23)/t13-,17+/m1/s1. The van der Waals surface area contributed by atoms with Crippen LogP contribution in [0, 0.1) is 10.1 Å². The van der Waals surface area contributed by atoms with Crippen molar-refractivity contribution in [3.63, 3.8) is 0 Å². The molecule has 7 heteroatoms. The molecule has 0 unspecified atom stereocenters. The zero-order chi connectivity index (χ0) is 19.6. The summed E-state index contributed by atoms with van der Waals surface area (Å²) in [7, 11) is 0. The fourth-order valence-electron chi connectivity index (χ4n) is 3.15. The number of nitrogens with one attached hydrogen (secondary N) is 1. The number of para-hydroxylation sites is 1. The van der Waals surface area contributed by atoms with Crippen LogP contribution in [0.1, 0.15) is 42.6 Å². The van der Waals surface area contributed by atoms with E-state index in [9.17, 15) is 14.9 Å². The van der Waals surface area contributed by atoms with Crippen LogP contribution in [0.3, 0.4) is 0 Å². The van der Waals surface area contributed by atoms with Gasteiger partial charge in [0.2, 0.25) is 0 Å². The van der Waals surface area contributed by atoms with Crippen LogP contribution in [0.5, 0.6) is 5.75 Å². The summed E-state index contributed by atoms with van der Waals surface area (Å²) in [4.78, 5) is 24.3. The van der Waals surface area contributed by atoms with Crippen molar-refractivity contribution in [1.82, 2.24) is 5.32 Å². The number of fused-ring (bicyclic) bond motifs is 1. The molecule has 0 spiro atoms. The molecule has 2 atom stereocenters. The fourth-order valence-corrected chi connectivity index (χ4v) is 4.09. The molecular formula is C20H22N2O4S. The molecule has 1 amide bonds. The summed E-state index contributed by atoms with van der Waals surface area (Å²) >= 11 is 1.51. The topological polar surface area (TPSA) is 81.5 Å². The highest BCUT2D eigenvalue weighted by atomic mass is 32.2. The fraction of sp³-hybridized carbons (Fsp3) is 0.350. The average Bonchev–Trinajstić information content (AvgIpc) is 3.05. The quantitative estimate of drug-likeness (QED) is 0.452. The average molecular weight is 386 g/mol. The molecule has 0 saturated carbocycles. The summed E-state index contributed by atoms with van der Waals surface area (Å²) < 4.78 is 5.70.